The summed E-state index contributed by atoms with van der Waals surface area (Å²) in [6.45, 7) is 6.22. The number of nitrogens with two attached hydrogens (primary N) is 2. The molecule has 0 aliphatic rings. The highest BCUT2D eigenvalue weighted by Crippen LogP contribution is 1.67. The maximum Gasteiger partial charge on any atom is 0.332 e. The van der Waals surface area contributed by atoms with E-state index in [1.807, 2.05) is 0 Å². The van der Waals surface area contributed by atoms with Crippen LogP contribution in [0.2, 0.25) is 0 Å². The molecule has 0 saturated carbocycles. The van der Waals surface area contributed by atoms with Crippen molar-refractivity contribution in [3.8, 4) is 0 Å². The van der Waals surface area contributed by atoms with E-state index in [9.17, 15) is 0 Å². The van der Waals surface area contributed by atoms with Gasteiger partial charge in [-0.25, -0.2) is 0 Å². The van der Waals surface area contributed by atoms with Crippen LogP contribution in [0.3, 0.4) is 0 Å². The summed E-state index contributed by atoms with van der Waals surface area (Å²) in [6.07, 6.45) is 0. The van der Waals surface area contributed by atoms with Gasteiger partial charge in [0.25, 0.3) is 5.96 Å². The quantitative estimate of drug-likeness (QED) is 0.215. The van der Waals surface area contributed by atoms with Crippen LogP contribution in [0.15, 0.2) is 4.99 Å². The average Bonchev–Trinajstić information content (AvgIpc) is 1.65. The zero-order valence-corrected chi connectivity index (χ0v) is 4.05. The highest BCUT2D eigenvalue weighted by Gasteiger charge is 1.86. The molecule has 0 amide bonds. The van der Waals surface area contributed by atoms with Gasteiger partial charge < -0.3 is 16.3 Å². The van der Waals surface area contributed by atoms with Gasteiger partial charge in [-0.3, -0.25) is 5.41 Å². The third kappa shape index (κ3) is 2.66. The first-order valence-electron chi connectivity index (χ1n) is 1.72. The van der Waals surface area contributed by atoms with E-state index in [0.29, 0.717) is 0 Å². The minimum atomic E-state index is -0.446. The molecule has 0 spiro atoms. The smallest absolute Gasteiger partial charge is 0.332 e. The Bertz CT molecular complexity index is 161. The van der Waals surface area contributed by atoms with Crippen LogP contribution in [0.4, 0.5) is 0 Å². The first-order chi connectivity index (χ1) is 3.66. The second-order valence-corrected chi connectivity index (χ2v) is 0.967. The van der Waals surface area contributed by atoms with Gasteiger partial charge in [0.1, 0.15) is 0 Å². The van der Waals surface area contributed by atoms with Gasteiger partial charge in [0, 0.05) is 0 Å². The Morgan fingerprint density at radius 2 is 2.12 bits per heavy atom. The van der Waals surface area contributed by atoms with E-state index in [2.05, 4.69) is 9.84 Å². The number of aliphatic imine (C=N–C) groups is 1. The molecule has 0 fully saturated rings. The first-order valence-corrected chi connectivity index (χ1v) is 1.72. The van der Waals surface area contributed by atoms with Crippen LogP contribution >= 0.6 is 0 Å². The topological polar surface area (TPSA) is 92.6 Å². The van der Waals surface area contributed by atoms with Crippen LogP contribution in [0, 0.1) is 12.0 Å². The predicted molar refractivity (Wildman–Crippen MR) is 30.1 cm³/mol. The molecule has 0 heterocycles. The van der Waals surface area contributed by atoms with E-state index < -0.39 is 5.96 Å². The number of nitrogens with one attached hydrogen (secondary N) is 1. The van der Waals surface area contributed by atoms with Crippen LogP contribution < -0.4 is 11.5 Å². The van der Waals surface area contributed by atoms with Crippen molar-refractivity contribution in [1.29, 1.82) is 5.41 Å². The van der Waals surface area contributed by atoms with Crippen LogP contribution in [-0.4, -0.2) is 11.9 Å². The summed E-state index contributed by atoms with van der Waals surface area (Å²) >= 11 is 0. The lowest BCUT2D eigenvalue weighted by Gasteiger charge is -1.81. The minimum absolute atomic E-state index is 0.308. The standard InChI is InChI=1S/C3H5N5/c1-7-3(6)8-2(4)5/h(H5,4,5,6,8). The molecule has 0 saturated heterocycles. The van der Waals surface area contributed by atoms with Gasteiger partial charge in [0.15, 0.2) is 0 Å². The Hall–Kier alpha value is -1.57. The highest BCUT2D eigenvalue weighted by atomic mass is 15.1. The SMILES string of the molecule is [C-]#[N+]/C(N)=N/C(=N)N. The predicted octanol–water partition coefficient (Wildman–Crippen LogP) is -0.886. The summed E-state index contributed by atoms with van der Waals surface area (Å²) in [5.41, 5.74) is 9.59. The summed E-state index contributed by atoms with van der Waals surface area (Å²) in [4.78, 5) is 5.78. The molecule has 0 unspecified atom stereocenters. The van der Waals surface area contributed by atoms with Gasteiger partial charge in [-0.15, -0.1) is 11.6 Å². The van der Waals surface area contributed by atoms with Gasteiger partial charge in [-0.2, -0.15) is 0 Å². The van der Waals surface area contributed by atoms with Crippen molar-refractivity contribution in [1.82, 2.24) is 0 Å². The normalized spacial score (nSPS) is 10.1. The fraction of sp³-hybridized carbons (Fsp3) is 0. The molecule has 0 rings (SSSR count). The number of rotatable bonds is 0. The third-order valence-corrected chi connectivity index (χ3v) is 0.350. The van der Waals surface area contributed by atoms with Crippen molar-refractivity contribution in [2.75, 3.05) is 0 Å². The van der Waals surface area contributed by atoms with E-state index in [0.717, 1.165) is 0 Å². The highest BCUT2D eigenvalue weighted by molar-refractivity contribution is 5.97. The molecular formula is C3H5N5. The first kappa shape index (κ1) is 6.43. The number of guanidine groups is 2. The van der Waals surface area contributed by atoms with Crippen LogP contribution in [0.1, 0.15) is 0 Å². The molecular weight excluding hydrogens is 106 g/mol. The second-order valence-electron chi connectivity index (χ2n) is 0.967. The summed E-state index contributed by atoms with van der Waals surface area (Å²) in [5.74, 6) is -0.754. The van der Waals surface area contributed by atoms with E-state index >= 15 is 0 Å². The summed E-state index contributed by atoms with van der Waals surface area (Å²) < 4.78 is 0. The minimum Gasteiger partial charge on any atom is -0.397 e. The Balaban J connectivity index is 4.01. The lowest BCUT2D eigenvalue weighted by Crippen LogP contribution is -2.13. The molecule has 8 heavy (non-hydrogen) atoms. The number of hydrogen-bond acceptors (Lipinski definition) is 1. The van der Waals surface area contributed by atoms with Gasteiger partial charge in [0.2, 0.25) is 0 Å². The number of nitrogens with zero attached hydrogens (tertiary/aromatic N) is 2. The second kappa shape index (κ2) is 2.58. The van der Waals surface area contributed by atoms with Gasteiger partial charge in [0.05, 0.1) is 0 Å². The van der Waals surface area contributed by atoms with Crippen molar-refractivity contribution in [2.24, 2.45) is 16.5 Å². The Morgan fingerprint density at radius 1 is 1.62 bits per heavy atom. The van der Waals surface area contributed by atoms with E-state index in [1.54, 1.807) is 0 Å². The Kier molecular flexibility index (Phi) is 2.07. The van der Waals surface area contributed by atoms with Crippen LogP contribution in [-0.2, 0) is 0 Å². The molecule has 0 aliphatic heterocycles. The molecule has 42 valence electrons. The summed E-state index contributed by atoms with van der Waals surface area (Å²) in [5, 5.41) is 6.50. The molecule has 0 aliphatic carbocycles. The van der Waals surface area contributed by atoms with Crippen molar-refractivity contribution >= 4 is 11.9 Å². The maximum absolute atomic E-state index is 6.50. The number of hydrogen-bond donors (Lipinski definition) is 3. The van der Waals surface area contributed by atoms with Gasteiger partial charge in [-0.1, -0.05) is 0 Å². The zero-order valence-electron chi connectivity index (χ0n) is 4.05. The fourth-order valence-electron chi connectivity index (χ4n) is 0.148. The van der Waals surface area contributed by atoms with E-state index in [4.69, 9.17) is 23.4 Å². The zero-order chi connectivity index (χ0) is 6.57. The molecule has 0 aromatic carbocycles. The van der Waals surface area contributed by atoms with Crippen LogP contribution in [0.25, 0.3) is 4.85 Å². The van der Waals surface area contributed by atoms with E-state index in [-0.39, 0.29) is 5.96 Å². The fourth-order valence-corrected chi connectivity index (χ4v) is 0.148. The van der Waals surface area contributed by atoms with Crippen molar-refractivity contribution in [3.05, 3.63) is 11.4 Å². The molecule has 5 N–H and O–H groups in total. The molecule has 0 aromatic rings. The third-order valence-electron chi connectivity index (χ3n) is 0.350. The molecule has 5 heteroatoms. The van der Waals surface area contributed by atoms with Crippen LogP contribution in [0.5, 0.6) is 0 Å². The van der Waals surface area contributed by atoms with Crippen molar-refractivity contribution in [3.63, 3.8) is 0 Å². The average molecular weight is 111 g/mol. The van der Waals surface area contributed by atoms with Gasteiger partial charge in [-0.05, 0) is 0 Å². The lowest BCUT2D eigenvalue weighted by molar-refractivity contribution is 1.37. The van der Waals surface area contributed by atoms with Crippen molar-refractivity contribution < 1.29 is 0 Å². The summed E-state index contributed by atoms with van der Waals surface area (Å²) in [6, 6.07) is 0. The lowest BCUT2D eigenvalue weighted by atomic mass is 10.9. The largest absolute Gasteiger partial charge is 0.397 e. The molecule has 0 aromatic heterocycles. The monoisotopic (exact) mass is 111 g/mol. The summed E-state index contributed by atoms with van der Waals surface area (Å²) in [7, 11) is 0. The molecule has 5 nitrogen and oxygen atoms in total. The van der Waals surface area contributed by atoms with Gasteiger partial charge >= 0.3 is 5.96 Å². The molecule has 0 radical (unpaired) electrons. The molecule has 0 atom stereocenters. The Morgan fingerprint density at radius 3 is 2.25 bits per heavy atom. The maximum atomic E-state index is 6.50. The van der Waals surface area contributed by atoms with E-state index in [1.165, 1.54) is 0 Å². The molecule has 0 bridgehead atoms. The van der Waals surface area contributed by atoms with Crippen molar-refractivity contribution in [2.45, 2.75) is 0 Å². The Labute approximate surface area is 46.3 Å².